The van der Waals surface area contributed by atoms with Crippen molar-refractivity contribution in [3.63, 3.8) is 0 Å². The summed E-state index contributed by atoms with van der Waals surface area (Å²) in [4.78, 5) is 26.7. The van der Waals surface area contributed by atoms with Crippen LogP contribution in [-0.4, -0.2) is 32.2 Å². The number of aliphatic carboxylic acids is 1. The number of carboxylic acid groups (broad SMARTS) is 1. The third-order valence-corrected chi connectivity index (χ3v) is 6.31. The van der Waals surface area contributed by atoms with Crippen LogP contribution in [-0.2, 0) is 16.0 Å². The summed E-state index contributed by atoms with van der Waals surface area (Å²) in [5, 5.41) is 9.79. The number of amides is 1. The predicted octanol–water partition coefficient (Wildman–Crippen LogP) is 5.25. The molecule has 0 radical (unpaired) electrons. The Bertz CT molecular complexity index is 1160. The summed E-state index contributed by atoms with van der Waals surface area (Å²) in [7, 11) is 0. The fourth-order valence-electron chi connectivity index (χ4n) is 3.46. The molecule has 1 unspecified atom stereocenters. The van der Waals surface area contributed by atoms with E-state index in [1.807, 2.05) is 84.9 Å². The maximum Gasteiger partial charge on any atom is 0.327 e. The van der Waals surface area contributed by atoms with Crippen LogP contribution in [0.5, 0.6) is 0 Å². The summed E-state index contributed by atoms with van der Waals surface area (Å²) in [5.74, 6) is -1.45. The standard InChI is InChI=1S/C25H19NO3S2/c27-23-22(16-18-10-7-13-20(14-18)19-11-5-2-6-12-19)31-25(30)26(23)21(24(28)29)15-17-8-3-1-4-9-17/h1-14,16,21H,15H2,(H,28,29)/b22-16-. The Morgan fingerprint density at radius 2 is 1.61 bits per heavy atom. The summed E-state index contributed by atoms with van der Waals surface area (Å²) in [6.45, 7) is 0. The molecule has 3 aromatic carbocycles. The topological polar surface area (TPSA) is 57.6 Å². The monoisotopic (exact) mass is 445 g/mol. The molecule has 1 saturated heterocycles. The molecule has 6 heteroatoms. The average molecular weight is 446 g/mol. The van der Waals surface area contributed by atoms with Gasteiger partial charge in [-0.2, -0.15) is 0 Å². The molecule has 3 aromatic rings. The van der Waals surface area contributed by atoms with Crippen LogP contribution in [0.1, 0.15) is 11.1 Å². The Kier molecular flexibility index (Phi) is 6.30. The lowest BCUT2D eigenvalue weighted by Gasteiger charge is -2.23. The van der Waals surface area contributed by atoms with E-state index in [9.17, 15) is 14.7 Å². The first kappa shape index (κ1) is 21.0. The average Bonchev–Trinajstić information content (AvgIpc) is 3.06. The number of thiocarbonyl (C=S) groups is 1. The molecule has 31 heavy (non-hydrogen) atoms. The number of carbonyl (C=O) groups is 2. The predicted molar refractivity (Wildman–Crippen MR) is 128 cm³/mol. The van der Waals surface area contributed by atoms with Crippen molar-refractivity contribution >= 4 is 46.3 Å². The van der Waals surface area contributed by atoms with Crippen LogP contribution in [0.3, 0.4) is 0 Å². The van der Waals surface area contributed by atoms with E-state index in [0.29, 0.717) is 4.91 Å². The zero-order valence-electron chi connectivity index (χ0n) is 16.5. The van der Waals surface area contributed by atoms with Crippen LogP contribution in [0.15, 0.2) is 89.8 Å². The molecule has 0 aromatic heterocycles. The first-order valence-corrected chi connectivity index (χ1v) is 10.9. The van der Waals surface area contributed by atoms with Gasteiger partial charge in [-0.3, -0.25) is 9.69 Å². The van der Waals surface area contributed by atoms with E-state index in [-0.39, 0.29) is 16.6 Å². The fraction of sp³-hybridized carbons (Fsp3) is 0.0800. The van der Waals surface area contributed by atoms with E-state index in [1.165, 1.54) is 4.90 Å². The van der Waals surface area contributed by atoms with Gasteiger partial charge in [-0.1, -0.05) is 103 Å². The largest absolute Gasteiger partial charge is 0.480 e. The summed E-state index contributed by atoms with van der Waals surface area (Å²) in [6.07, 6.45) is 1.96. The van der Waals surface area contributed by atoms with Gasteiger partial charge in [0.05, 0.1) is 4.91 Å². The zero-order chi connectivity index (χ0) is 21.8. The molecule has 154 valence electrons. The van der Waals surface area contributed by atoms with Crippen molar-refractivity contribution in [2.45, 2.75) is 12.5 Å². The van der Waals surface area contributed by atoms with Crippen molar-refractivity contribution in [1.82, 2.24) is 4.90 Å². The van der Waals surface area contributed by atoms with E-state index in [1.54, 1.807) is 6.08 Å². The minimum absolute atomic E-state index is 0.194. The Labute approximate surface area is 190 Å². The molecule has 1 fully saturated rings. The third kappa shape index (κ3) is 4.76. The first-order chi connectivity index (χ1) is 15.0. The van der Waals surface area contributed by atoms with Crippen molar-refractivity contribution in [2.75, 3.05) is 0 Å². The van der Waals surface area contributed by atoms with Crippen molar-refractivity contribution in [2.24, 2.45) is 0 Å². The Hall–Kier alpha value is -3.22. The van der Waals surface area contributed by atoms with Gasteiger partial charge in [0.2, 0.25) is 0 Å². The molecule has 0 aliphatic carbocycles. The molecule has 0 saturated carbocycles. The molecule has 1 aliphatic heterocycles. The molecular formula is C25H19NO3S2. The maximum absolute atomic E-state index is 13.1. The normalized spacial score (nSPS) is 16.0. The summed E-state index contributed by atoms with van der Waals surface area (Å²) < 4.78 is 0.263. The molecule has 4 rings (SSSR count). The van der Waals surface area contributed by atoms with Gasteiger partial charge >= 0.3 is 5.97 Å². The molecule has 1 heterocycles. The number of carbonyl (C=O) groups excluding carboxylic acids is 1. The number of benzene rings is 3. The number of nitrogens with zero attached hydrogens (tertiary/aromatic N) is 1. The molecule has 1 atom stereocenters. The molecule has 0 bridgehead atoms. The van der Waals surface area contributed by atoms with Crippen molar-refractivity contribution in [3.05, 3.63) is 101 Å². The number of hydrogen-bond acceptors (Lipinski definition) is 4. The van der Waals surface area contributed by atoms with Crippen LogP contribution in [0.25, 0.3) is 17.2 Å². The molecule has 1 N–H and O–H groups in total. The van der Waals surface area contributed by atoms with E-state index in [0.717, 1.165) is 34.0 Å². The minimum Gasteiger partial charge on any atom is -0.480 e. The highest BCUT2D eigenvalue weighted by atomic mass is 32.2. The van der Waals surface area contributed by atoms with Gasteiger partial charge in [0, 0.05) is 6.42 Å². The second kappa shape index (κ2) is 9.29. The van der Waals surface area contributed by atoms with E-state index >= 15 is 0 Å². The number of thioether (sulfide) groups is 1. The Morgan fingerprint density at radius 1 is 0.968 bits per heavy atom. The van der Waals surface area contributed by atoms with Gasteiger partial charge in [-0.05, 0) is 34.4 Å². The van der Waals surface area contributed by atoms with Gasteiger partial charge in [-0.15, -0.1) is 0 Å². The van der Waals surface area contributed by atoms with E-state index in [2.05, 4.69) is 0 Å². The highest BCUT2D eigenvalue weighted by Gasteiger charge is 2.40. The zero-order valence-corrected chi connectivity index (χ0v) is 18.1. The van der Waals surface area contributed by atoms with Crippen LogP contribution in [0.4, 0.5) is 0 Å². The molecule has 4 nitrogen and oxygen atoms in total. The number of carboxylic acids is 1. The summed E-state index contributed by atoms with van der Waals surface area (Å²) in [5.41, 5.74) is 3.82. The van der Waals surface area contributed by atoms with Gasteiger partial charge < -0.3 is 5.11 Å². The quantitative estimate of drug-likeness (QED) is 0.415. The maximum atomic E-state index is 13.1. The van der Waals surface area contributed by atoms with E-state index < -0.39 is 12.0 Å². The lowest BCUT2D eigenvalue weighted by atomic mass is 10.0. The van der Waals surface area contributed by atoms with Crippen LogP contribution >= 0.6 is 24.0 Å². The SMILES string of the molecule is O=C(O)C(Cc1ccccc1)N1C(=O)/C(=C/c2cccc(-c3ccccc3)c2)SC1=S. The fourth-order valence-corrected chi connectivity index (χ4v) is 4.82. The first-order valence-electron chi connectivity index (χ1n) is 9.72. The van der Waals surface area contributed by atoms with E-state index in [4.69, 9.17) is 12.2 Å². The highest BCUT2D eigenvalue weighted by Crippen LogP contribution is 2.35. The van der Waals surface area contributed by atoms with Gasteiger partial charge in [0.25, 0.3) is 5.91 Å². The summed E-state index contributed by atoms with van der Waals surface area (Å²) in [6, 6.07) is 26.0. The van der Waals surface area contributed by atoms with Crippen LogP contribution in [0.2, 0.25) is 0 Å². The van der Waals surface area contributed by atoms with Crippen molar-refractivity contribution < 1.29 is 14.7 Å². The third-order valence-electron chi connectivity index (χ3n) is 4.98. The van der Waals surface area contributed by atoms with Gasteiger partial charge in [-0.25, -0.2) is 4.79 Å². The number of hydrogen-bond donors (Lipinski definition) is 1. The van der Waals surface area contributed by atoms with Gasteiger partial charge in [0.1, 0.15) is 10.4 Å². The highest BCUT2D eigenvalue weighted by molar-refractivity contribution is 8.26. The van der Waals surface area contributed by atoms with Crippen LogP contribution < -0.4 is 0 Å². The lowest BCUT2D eigenvalue weighted by molar-refractivity contribution is -0.145. The smallest absolute Gasteiger partial charge is 0.327 e. The summed E-state index contributed by atoms with van der Waals surface area (Å²) >= 11 is 6.53. The minimum atomic E-state index is -1.08. The second-order valence-corrected chi connectivity index (χ2v) is 8.76. The molecular weight excluding hydrogens is 426 g/mol. The van der Waals surface area contributed by atoms with Gasteiger partial charge in [0.15, 0.2) is 0 Å². The molecule has 1 aliphatic rings. The Morgan fingerprint density at radius 3 is 2.29 bits per heavy atom. The second-order valence-electron chi connectivity index (χ2n) is 7.09. The van der Waals surface area contributed by atoms with Crippen LogP contribution in [0, 0.1) is 0 Å². The Balaban J connectivity index is 1.60. The lowest BCUT2D eigenvalue weighted by Crippen LogP contribution is -2.45. The molecule has 1 amide bonds. The van der Waals surface area contributed by atoms with Crippen molar-refractivity contribution in [3.8, 4) is 11.1 Å². The number of rotatable bonds is 6. The molecule has 0 spiro atoms. The van der Waals surface area contributed by atoms with Crippen molar-refractivity contribution in [1.29, 1.82) is 0 Å².